The van der Waals surface area contributed by atoms with E-state index in [-0.39, 0.29) is 12.5 Å². The third kappa shape index (κ3) is 7.88. The smallest absolute Gasteiger partial charge is 0.251 e. The molecule has 0 saturated carbocycles. The van der Waals surface area contributed by atoms with Crippen molar-refractivity contribution in [1.29, 1.82) is 0 Å². The Balaban J connectivity index is 1.59. The summed E-state index contributed by atoms with van der Waals surface area (Å²) in [6.45, 7) is 2.93. The van der Waals surface area contributed by atoms with Gasteiger partial charge in [-0.15, -0.1) is 0 Å². The van der Waals surface area contributed by atoms with Crippen LogP contribution in [0.25, 0.3) is 0 Å². The molecule has 0 atom stereocenters. The van der Waals surface area contributed by atoms with Crippen LogP contribution in [0.1, 0.15) is 34.8 Å². The third-order valence-corrected chi connectivity index (χ3v) is 6.84. The van der Waals surface area contributed by atoms with Gasteiger partial charge in [-0.2, -0.15) is 0 Å². The number of carbonyl (C=O) groups is 1. The standard InChI is InChI=1S/C28H34N2O6S/c1-5-6-21-9-13-24(14-10-21)36-18-17-29-28(31)23-11-7-22(8-12-23)20-30(37(4,32)33)26-16-15-25(34-2)19-27(26)35-3/h7-16,19H,5-6,17-18,20H2,1-4H3,(H,29,31). The first-order valence-electron chi connectivity index (χ1n) is 12.0. The molecule has 0 aliphatic carbocycles. The number of rotatable bonds is 13. The number of aryl methyl sites for hydroxylation is 1. The summed E-state index contributed by atoms with van der Waals surface area (Å²) in [5.41, 5.74) is 2.86. The minimum atomic E-state index is -3.62. The maximum Gasteiger partial charge on any atom is 0.251 e. The average molecular weight is 527 g/mol. The van der Waals surface area contributed by atoms with Gasteiger partial charge in [0.05, 0.1) is 39.3 Å². The van der Waals surface area contributed by atoms with Crippen molar-refractivity contribution < 1.29 is 27.4 Å². The van der Waals surface area contributed by atoms with Crippen molar-refractivity contribution in [2.24, 2.45) is 0 Å². The van der Waals surface area contributed by atoms with Gasteiger partial charge in [0, 0.05) is 11.6 Å². The maximum absolute atomic E-state index is 12.6. The van der Waals surface area contributed by atoms with E-state index in [2.05, 4.69) is 24.4 Å². The second kappa shape index (κ2) is 13.0. The zero-order chi connectivity index (χ0) is 26.8. The van der Waals surface area contributed by atoms with Crippen molar-refractivity contribution in [2.75, 3.05) is 37.9 Å². The Bertz CT molecular complexity index is 1280. The first-order valence-corrected chi connectivity index (χ1v) is 13.9. The molecule has 1 N–H and O–H groups in total. The quantitative estimate of drug-likeness (QED) is 0.331. The molecule has 37 heavy (non-hydrogen) atoms. The molecule has 0 unspecified atom stereocenters. The molecule has 1 amide bonds. The molecular formula is C28H34N2O6S. The Morgan fingerprint density at radius 1 is 0.892 bits per heavy atom. The molecule has 0 aromatic heterocycles. The van der Waals surface area contributed by atoms with Crippen LogP contribution in [0.5, 0.6) is 17.2 Å². The minimum absolute atomic E-state index is 0.0777. The van der Waals surface area contributed by atoms with Gasteiger partial charge in [-0.3, -0.25) is 9.10 Å². The monoisotopic (exact) mass is 526 g/mol. The van der Waals surface area contributed by atoms with Crippen LogP contribution in [0.3, 0.4) is 0 Å². The fourth-order valence-electron chi connectivity index (χ4n) is 3.78. The van der Waals surface area contributed by atoms with Crippen molar-refractivity contribution in [2.45, 2.75) is 26.3 Å². The second-order valence-electron chi connectivity index (χ2n) is 8.50. The van der Waals surface area contributed by atoms with Gasteiger partial charge in [0.15, 0.2) is 0 Å². The Morgan fingerprint density at radius 2 is 1.54 bits per heavy atom. The molecule has 3 aromatic carbocycles. The van der Waals surface area contributed by atoms with Gasteiger partial charge in [0.25, 0.3) is 5.91 Å². The number of nitrogens with one attached hydrogen (secondary N) is 1. The minimum Gasteiger partial charge on any atom is -0.497 e. The summed E-state index contributed by atoms with van der Waals surface area (Å²) < 4.78 is 42.7. The van der Waals surface area contributed by atoms with Crippen molar-refractivity contribution in [3.63, 3.8) is 0 Å². The molecule has 0 bridgehead atoms. The molecule has 9 heteroatoms. The van der Waals surface area contributed by atoms with E-state index < -0.39 is 10.0 Å². The fourth-order valence-corrected chi connectivity index (χ4v) is 4.67. The van der Waals surface area contributed by atoms with E-state index in [1.165, 1.54) is 24.1 Å². The maximum atomic E-state index is 12.6. The summed E-state index contributed by atoms with van der Waals surface area (Å²) in [7, 11) is -0.619. The van der Waals surface area contributed by atoms with E-state index in [9.17, 15) is 13.2 Å². The predicted octanol–water partition coefficient (Wildman–Crippen LogP) is 4.43. The Labute approximate surface area is 219 Å². The number of carbonyl (C=O) groups excluding carboxylic acids is 1. The molecule has 0 heterocycles. The zero-order valence-electron chi connectivity index (χ0n) is 21.7. The van der Waals surface area contributed by atoms with Gasteiger partial charge in [-0.25, -0.2) is 8.42 Å². The summed E-state index contributed by atoms with van der Waals surface area (Å²) in [4.78, 5) is 12.5. The number of nitrogens with zero attached hydrogens (tertiary/aromatic N) is 1. The highest BCUT2D eigenvalue weighted by Crippen LogP contribution is 2.34. The summed E-state index contributed by atoms with van der Waals surface area (Å²) in [6.07, 6.45) is 3.28. The number of sulfonamides is 1. The van der Waals surface area contributed by atoms with Gasteiger partial charge in [0.2, 0.25) is 10.0 Å². The van der Waals surface area contributed by atoms with Crippen LogP contribution in [-0.2, 0) is 23.0 Å². The van der Waals surface area contributed by atoms with Crippen LogP contribution in [0.15, 0.2) is 66.7 Å². The summed E-state index contributed by atoms with van der Waals surface area (Å²) in [5, 5.41) is 2.84. The van der Waals surface area contributed by atoms with Gasteiger partial charge >= 0.3 is 0 Å². The number of anilines is 1. The summed E-state index contributed by atoms with van der Waals surface area (Å²) >= 11 is 0. The van der Waals surface area contributed by atoms with Crippen molar-refractivity contribution in [3.05, 3.63) is 83.4 Å². The van der Waals surface area contributed by atoms with Crippen molar-refractivity contribution >= 4 is 21.6 Å². The third-order valence-electron chi connectivity index (χ3n) is 5.72. The highest BCUT2D eigenvalue weighted by molar-refractivity contribution is 7.92. The first kappa shape index (κ1) is 27.9. The molecule has 0 fully saturated rings. The molecule has 0 aliphatic rings. The molecule has 0 spiro atoms. The normalized spacial score (nSPS) is 11.0. The molecule has 0 saturated heterocycles. The average Bonchev–Trinajstić information content (AvgIpc) is 2.90. The predicted molar refractivity (Wildman–Crippen MR) is 145 cm³/mol. The molecule has 198 valence electrons. The lowest BCUT2D eigenvalue weighted by atomic mass is 10.1. The van der Waals surface area contributed by atoms with Crippen molar-refractivity contribution in [1.82, 2.24) is 5.32 Å². The van der Waals surface area contributed by atoms with Crippen molar-refractivity contribution in [3.8, 4) is 17.2 Å². The lowest BCUT2D eigenvalue weighted by molar-refractivity contribution is 0.0947. The topological polar surface area (TPSA) is 94.2 Å². The molecule has 3 aromatic rings. The van der Waals surface area contributed by atoms with Gasteiger partial charge in [-0.05, 0) is 53.9 Å². The van der Waals surface area contributed by atoms with E-state index >= 15 is 0 Å². The summed E-state index contributed by atoms with van der Waals surface area (Å²) in [5.74, 6) is 1.47. The van der Waals surface area contributed by atoms with Crippen LogP contribution in [0.2, 0.25) is 0 Å². The molecule has 3 rings (SSSR count). The first-order chi connectivity index (χ1) is 17.7. The van der Waals surface area contributed by atoms with Gasteiger partial charge in [0.1, 0.15) is 23.9 Å². The van der Waals surface area contributed by atoms with Crippen LogP contribution in [0, 0.1) is 0 Å². The fraction of sp³-hybridized carbons (Fsp3) is 0.321. The highest BCUT2D eigenvalue weighted by atomic mass is 32.2. The number of ether oxygens (including phenoxy) is 3. The van der Waals surface area contributed by atoms with Gasteiger partial charge in [-0.1, -0.05) is 37.6 Å². The van der Waals surface area contributed by atoms with E-state index in [1.807, 2.05) is 12.1 Å². The lowest BCUT2D eigenvalue weighted by Gasteiger charge is -2.24. The van der Waals surface area contributed by atoms with E-state index in [0.29, 0.717) is 35.9 Å². The van der Waals surface area contributed by atoms with Gasteiger partial charge < -0.3 is 19.5 Å². The summed E-state index contributed by atoms with van der Waals surface area (Å²) in [6, 6.07) is 19.7. The number of hydrogen-bond acceptors (Lipinski definition) is 6. The number of methoxy groups -OCH3 is 2. The second-order valence-corrected chi connectivity index (χ2v) is 10.4. The number of amides is 1. The zero-order valence-corrected chi connectivity index (χ0v) is 22.5. The van der Waals surface area contributed by atoms with E-state index in [1.54, 1.807) is 42.5 Å². The molecule has 0 aliphatic heterocycles. The van der Waals surface area contributed by atoms with Crippen LogP contribution in [0.4, 0.5) is 5.69 Å². The van der Waals surface area contributed by atoms with E-state index in [0.717, 1.165) is 30.4 Å². The SMILES string of the molecule is CCCc1ccc(OCCNC(=O)c2ccc(CN(c3ccc(OC)cc3OC)S(C)(=O)=O)cc2)cc1. The Morgan fingerprint density at radius 3 is 2.14 bits per heavy atom. The van der Waals surface area contributed by atoms with Crippen LogP contribution >= 0.6 is 0 Å². The molecular weight excluding hydrogens is 492 g/mol. The Hall–Kier alpha value is -3.72. The van der Waals surface area contributed by atoms with E-state index in [4.69, 9.17) is 14.2 Å². The highest BCUT2D eigenvalue weighted by Gasteiger charge is 2.22. The van der Waals surface area contributed by atoms with Crippen LogP contribution < -0.4 is 23.8 Å². The number of benzene rings is 3. The lowest BCUT2D eigenvalue weighted by Crippen LogP contribution is -2.30. The Kier molecular flexibility index (Phi) is 9.79. The molecule has 0 radical (unpaired) electrons. The molecule has 8 nitrogen and oxygen atoms in total. The number of hydrogen-bond donors (Lipinski definition) is 1. The largest absolute Gasteiger partial charge is 0.497 e. The van der Waals surface area contributed by atoms with Crippen LogP contribution in [-0.4, -0.2) is 48.0 Å².